The molecule has 0 radical (unpaired) electrons. The number of para-hydroxylation sites is 4. The maximum atomic E-state index is 7.02. The molecule has 4 heteroatoms. The lowest BCUT2D eigenvalue weighted by molar-refractivity contribution is 0.653. The summed E-state index contributed by atoms with van der Waals surface area (Å²) in [5, 5.41) is 36.8. The number of benzene rings is 27. The Morgan fingerprint density at radius 3 is 0.926 bits per heavy atom. The molecule has 4 nitrogen and oxygen atoms in total. The highest BCUT2D eigenvalue weighted by Crippen LogP contribution is 2.60. The van der Waals surface area contributed by atoms with Crippen LogP contribution in [-0.2, 0) is 5.41 Å². The highest BCUT2D eigenvalue weighted by Gasteiger charge is 2.41. The quantitative estimate of drug-likeness (QED) is 0.142. The normalized spacial score (nSPS) is 12.5. The van der Waals surface area contributed by atoms with Gasteiger partial charge in [0.25, 0.3) is 0 Å². The summed E-state index contributed by atoms with van der Waals surface area (Å²) in [7, 11) is 0. The lowest BCUT2D eigenvalue weighted by Crippen LogP contribution is -2.15. The molecule has 27 aromatic carbocycles. The van der Waals surface area contributed by atoms with Crippen LogP contribution in [0.15, 0.2) is 511 Å². The second-order valence-corrected chi connectivity index (χ2v) is 40.4. The van der Waals surface area contributed by atoms with Gasteiger partial charge in [0.1, 0.15) is 27.9 Å². The fraction of sp³-hybridized carbons (Fsp3) is 0.0278. The van der Waals surface area contributed by atoms with Gasteiger partial charge in [0.15, 0.2) is 5.58 Å². The molecule has 0 spiro atoms. The van der Waals surface area contributed by atoms with Gasteiger partial charge in [0.05, 0.1) is 16.7 Å². The molecular weight excluding hydrogens is 1790 g/mol. The highest BCUT2D eigenvalue weighted by atomic mass is 16.3. The summed E-state index contributed by atoms with van der Waals surface area (Å²) < 4.78 is 23.1. The number of aromatic nitrogens is 1. The SMILES string of the molecule is CC1(C)c2ccc3ccccc3c2-c2c1cc(-c1c3ccccc3c(-c3cccc4ccccc34)c3ccccc13)c1c2oc2ccccc21.Cc1ccc(-c2ccc(-c3c4ccccc4c(-c4cccc5ccccc45)c4ccccc34)c3c2oc2ccccc23)cc1.c1ccc2cc3c(cc2c1)c1ccccc1n3-c1ccc(-c2c3ccccc3c(-c3cccc4ccccc34)c3ccccc23)c2c1oc1ccccc12. The standard InChI is InChI=1S/C52H31NO.C49H32O.C43H28O/c1-2-16-34-31-47-44(30-33(34)15-1)36-19-9-11-26-45(36)53(47)46-29-28-43(51-42-24-10-12-27-48(42)54-52(46)51)50-40-22-7-5-20-38(40)49(39-21-6-8-23-41(39)50)37-25-13-17-32-14-3-4-18-35(32)37;1-49(2)40-27-26-30-15-4-6-18-32(30)46(40)47-41(49)28-39(45-38-23-11-12-25-42(38)50-48(45)47)44-36-21-9-7-19-34(36)43(35-20-8-10-22-37(35)44)33-24-13-16-29-14-3-5-17-31(29)33;1-27-21-23-29(24-22-27)31-25-26-38(42-37-18-8-9-20-39(37)44-43(31)42)41-35-16-6-4-14-33(35)40(34-15-5-7-17-36(34)41)32-19-10-12-28-11-2-3-13-30(28)32/h1-31H;3-28H,1-2H3;2-26H,1H3. The first kappa shape index (κ1) is 84.7. The summed E-state index contributed by atoms with van der Waals surface area (Å²) in [6, 6.07) is 181. The van der Waals surface area contributed by atoms with Gasteiger partial charge in [-0.2, -0.15) is 0 Å². The molecule has 0 amide bonds. The maximum absolute atomic E-state index is 7.02. The molecule has 4 aromatic heterocycles. The van der Waals surface area contributed by atoms with Crippen molar-refractivity contribution in [1.82, 2.24) is 4.57 Å². The summed E-state index contributed by atoms with van der Waals surface area (Å²) in [5.41, 5.74) is 32.3. The van der Waals surface area contributed by atoms with Gasteiger partial charge < -0.3 is 17.8 Å². The minimum atomic E-state index is -0.217. The molecule has 690 valence electrons. The third-order valence-electron chi connectivity index (χ3n) is 32.1. The number of hydrogen-bond donors (Lipinski definition) is 0. The van der Waals surface area contributed by atoms with E-state index >= 15 is 0 Å². The van der Waals surface area contributed by atoms with E-state index in [4.69, 9.17) is 13.3 Å². The molecule has 0 N–H and O–H groups in total. The summed E-state index contributed by atoms with van der Waals surface area (Å²) in [4.78, 5) is 0. The molecule has 0 unspecified atom stereocenters. The Hall–Kier alpha value is -19.0. The van der Waals surface area contributed by atoms with Gasteiger partial charge in [0.2, 0.25) is 0 Å². The Balaban J connectivity index is 0.000000103. The Morgan fingerprint density at radius 2 is 0.486 bits per heavy atom. The zero-order valence-electron chi connectivity index (χ0n) is 81.5. The number of fused-ring (bicyclic) bond motifs is 28. The topological polar surface area (TPSA) is 44.4 Å². The van der Waals surface area contributed by atoms with Crippen LogP contribution in [0.2, 0.25) is 0 Å². The molecule has 0 saturated heterocycles. The lowest BCUT2D eigenvalue weighted by atomic mass is 9.79. The monoisotopic (exact) mass is 1880 g/mol. The molecule has 1 aliphatic rings. The van der Waals surface area contributed by atoms with Gasteiger partial charge in [-0.1, -0.05) is 462 Å². The van der Waals surface area contributed by atoms with Gasteiger partial charge in [-0.15, -0.1) is 0 Å². The summed E-state index contributed by atoms with van der Waals surface area (Å²) in [6.07, 6.45) is 0. The average Bonchev–Trinajstić information content (AvgIpc) is 1.52. The minimum absolute atomic E-state index is 0.217. The third-order valence-corrected chi connectivity index (χ3v) is 32.1. The smallest absolute Gasteiger partial charge is 0.160 e. The van der Waals surface area contributed by atoms with Crippen molar-refractivity contribution in [3.8, 4) is 94.7 Å². The molecule has 0 bridgehead atoms. The van der Waals surface area contributed by atoms with Gasteiger partial charge in [-0.3, -0.25) is 0 Å². The van der Waals surface area contributed by atoms with Crippen molar-refractivity contribution in [3.05, 3.63) is 514 Å². The molecule has 0 fully saturated rings. The van der Waals surface area contributed by atoms with Crippen LogP contribution in [0, 0.1) is 6.92 Å². The average molecular weight is 1880 g/mol. The van der Waals surface area contributed by atoms with Crippen molar-refractivity contribution in [2.24, 2.45) is 0 Å². The molecule has 4 heterocycles. The zero-order valence-corrected chi connectivity index (χ0v) is 81.5. The van der Waals surface area contributed by atoms with Crippen LogP contribution in [0.5, 0.6) is 0 Å². The summed E-state index contributed by atoms with van der Waals surface area (Å²) in [6.45, 7) is 6.89. The predicted molar refractivity (Wildman–Crippen MR) is 628 cm³/mol. The van der Waals surface area contributed by atoms with Crippen LogP contribution < -0.4 is 0 Å². The van der Waals surface area contributed by atoms with Crippen molar-refractivity contribution in [2.75, 3.05) is 0 Å². The van der Waals surface area contributed by atoms with E-state index < -0.39 is 0 Å². The van der Waals surface area contributed by atoms with E-state index in [0.29, 0.717) is 0 Å². The van der Waals surface area contributed by atoms with E-state index in [-0.39, 0.29) is 5.41 Å². The molecule has 0 saturated carbocycles. The van der Waals surface area contributed by atoms with Crippen LogP contribution in [0.1, 0.15) is 30.5 Å². The molecule has 1 aliphatic carbocycles. The molecule has 32 rings (SSSR count). The number of nitrogens with zero attached hydrogens (tertiary/aromatic N) is 1. The first-order valence-corrected chi connectivity index (χ1v) is 51.3. The molecular formula is C144H91NO3. The van der Waals surface area contributed by atoms with E-state index in [1.165, 1.54) is 235 Å². The first-order valence-electron chi connectivity index (χ1n) is 51.3. The predicted octanol–water partition coefficient (Wildman–Crippen LogP) is 40.8. The Kier molecular flexibility index (Phi) is 19.0. The molecule has 0 atom stereocenters. The van der Waals surface area contributed by atoms with Gasteiger partial charge in [-0.05, 0) is 269 Å². The summed E-state index contributed by atoms with van der Waals surface area (Å²) in [5.74, 6) is 0. The van der Waals surface area contributed by atoms with Crippen molar-refractivity contribution < 1.29 is 13.3 Å². The largest absolute Gasteiger partial charge is 0.455 e. The van der Waals surface area contributed by atoms with Crippen molar-refractivity contribution in [2.45, 2.75) is 26.2 Å². The second-order valence-electron chi connectivity index (χ2n) is 40.4. The lowest BCUT2D eigenvalue weighted by Gasteiger charge is -2.23. The number of rotatable bonds is 8. The maximum Gasteiger partial charge on any atom is 0.160 e. The van der Waals surface area contributed by atoms with Crippen LogP contribution in [0.3, 0.4) is 0 Å². The van der Waals surface area contributed by atoms with Crippen LogP contribution >= 0.6 is 0 Å². The van der Waals surface area contributed by atoms with E-state index in [0.717, 1.165) is 82.8 Å². The third kappa shape index (κ3) is 12.8. The highest BCUT2D eigenvalue weighted by molar-refractivity contribution is 6.33. The zero-order chi connectivity index (χ0) is 97.7. The van der Waals surface area contributed by atoms with Crippen molar-refractivity contribution >= 4 is 206 Å². The first-order chi connectivity index (χ1) is 73.2. The molecule has 31 aromatic rings. The van der Waals surface area contributed by atoms with Crippen LogP contribution in [-0.4, -0.2) is 4.57 Å². The Morgan fingerprint density at radius 1 is 0.176 bits per heavy atom. The van der Waals surface area contributed by atoms with Gasteiger partial charge in [-0.25, -0.2) is 0 Å². The second kappa shape index (κ2) is 33.3. The molecule has 0 aliphatic heterocycles. The van der Waals surface area contributed by atoms with Gasteiger partial charge >= 0.3 is 0 Å². The van der Waals surface area contributed by atoms with E-state index in [1.54, 1.807) is 0 Å². The van der Waals surface area contributed by atoms with Crippen LogP contribution in [0.25, 0.3) is 301 Å². The number of furan rings is 3. The minimum Gasteiger partial charge on any atom is -0.455 e. The van der Waals surface area contributed by atoms with Gasteiger partial charge in [0, 0.05) is 59.6 Å². The number of hydrogen-bond acceptors (Lipinski definition) is 3. The number of aryl methyl sites for hydroxylation is 1. The fourth-order valence-electron chi connectivity index (χ4n) is 25.6. The van der Waals surface area contributed by atoms with Crippen molar-refractivity contribution in [1.29, 1.82) is 0 Å². The van der Waals surface area contributed by atoms with Crippen molar-refractivity contribution in [3.63, 3.8) is 0 Å². The van der Waals surface area contributed by atoms with E-state index in [2.05, 4.69) is 523 Å². The van der Waals surface area contributed by atoms with Crippen LogP contribution in [0.4, 0.5) is 0 Å². The van der Waals surface area contributed by atoms with E-state index in [9.17, 15) is 0 Å². The Bertz CT molecular complexity index is 10900. The summed E-state index contributed by atoms with van der Waals surface area (Å²) >= 11 is 0. The molecule has 148 heavy (non-hydrogen) atoms. The van der Waals surface area contributed by atoms with E-state index in [1.807, 2.05) is 0 Å². The fourth-order valence-corrected chi connectivity index (χ4v) is 25.6. The Labute approximate surface area is 852 Å².